The Morgan fingerprint density at radius 1 is 1.00 bits per heavy atom. The van der Waals surface area contributed by atoms with Crippen molar-refractivity contribution in [3.05, 3.63) is 29.8 Å². The Kier molecular flexibility index (Phi) is 12.8. The Morgan fingerprint density at radius 2 is 1.62 bits per heavy atom. The van der Waals surface area contributed by atoms with Gasteiger partial charge in [0.05, 0.1) is 0 Å². The second kappa shape index (κ2) is 14.9. The van der Waals surface area contributed by atoms with Crippen molar-refractivity contribution in [2.24, 2.45) is 5.14 Å². The summed E-state index contributed by atoms with van der Waals surface area (Å²) in [5.74, 6) is 6.67. The van der Waals surface area contributed by atoms with Crippen LogP contribution in [-0.4, -0.2) is 20.9 Å². The van der Waals surface area contributed by atoms with Gasteiger partial charge in [0.15, 0.2) is 0 Å². The van der Waals surface area contributed by atoms with Crippen LogP contribution in [0, 0.1) is 11.8 Å². The van der Waals surface area contributed by atoms with Gasteiger partial charge in [0, 0.05) is 25.8 Å². The van der Waals surface area contributed by atoms with Crippen molar-refractivity contribution in [1.29, 1.82) is 0 Å². The normalized spacial score (nSPS) is 10.8. The second-order valence-corrected chi connectivity index (χ2v) is 8.20. The molecule has 162 valence electrons. The maximum Gasteiger partial charge on any atom is 0.380 e. The van der Waals surface area contributed by atoms with E-state index in [2.05, 4.69) is 28.3 Å². The minimum Gasteiger partial charge on any atom is -0.371 e. The van der Waals surface area contributed by atoms with E-state index in [1.165, 1.54) is 37.8 Å². The third-order valence-corrected chi connectivity index (χ3v) is 4.78. The quantitative estimate of drug-likeness (QED) is 0.351. The van der Waals surface area contributed by atoms with E-state index in [0.717, 1.165) is 37.7 Å². The van der Waals surface area contributed by atoms with Gasteiger partial charge < -0.3 is 9.50 Å². The summed E-state index contributed by atoms with van der Waals surface area (Å²) < 4.78 is 26.3. The first kappa shape index (κ1) is 25.0. The molecule has 0 aliphatic rings. The number of hydrogen-bond acceptors (Lipinski definition) is 4. The SMILES string of the molecule is CCCCCCC#CCCCCCC(=O)NCCc1ccc(OS(N)(=O)=O)cc1. The third-order valence-electron chi connectivity index (χ3n) is 4.36. The van der Waals surface area contributed by atoms with Gasteiger partial charge in [-0.2, -0.15) is 13.6 Å². The van der Waals surface area contributed by atoms with Crippen LogP contribution < -0.4 is 14.6 Å². The van der Waals surface area contributed by atoms with Crippen molar-refractivity contribution in [2.75, 3.05) is 6.54 Å². The molecule has 0 fully saturated rings. The molecule has 0 saturated heterocycles. The first-order valence-corrected chi connectivity index (χ1v) is 11.9. The smallest absolute Gasteiger partial charge is 0.371 e. The van der Waals surface area contributed by atoms with E-state index in [9.17, 15) is 13.2 Å². The van der Waals surface area contributed by atoms with Gasteiger partial charge in [-0.3, -0.25) is 4.79 Å². The van der Waals surface area contributed by atoms with Crippen molar-refractivity contribution in [2.45, 2.75) is 77.6 Å². The van der Waals surface area contributed by atoms with E-state index in [-0.39, 0.29) is 11.7 Å². The molecule has 0 unspecified atom stereocenters. The van der Waals surface area contributed by atoms with Crippen molar-refractivity contribution in [3.63, 3.8) is 0 Å². The highest BCUT2D eigenvalue weighted by Gasteiger charge is 2.05. The fraction of sp³-hybridized carbons (Fsp3) is 0.591. The van der Waals surface area contributed by atoms with Crippen LogP contribution in [0.5, 0.6) is 5.75 Å². The van der Waals surface area contributed by atoms with Crippen LogP contribution in [-0.2, 0) is 21.5 Å². The zero-order chi connectivity index (χ0) is 21.4. The van der Waals surface area contributed by atoms with E-state index in [4.69, 9.17) is 5.14 Å². The Balaban J connectivity index is 2.05. The van der Waals surface area contributed by atoms with Crippen LogP contribution in [0.25, 0.3) is 0 Å². The molecule has 29 heavy (non-hydrogen) atoms. The lowest BCUT2D eigenvalue weighted by molar-refractivity contribution is -0.121. The minimum absolute atomic E-state index is 0.0567. The molecule has 0 saturated carbocycles. The molecule has 0 aliphatic heterocycles. The van der Waals surface area contributed by atoms with Crippen LogP contribution in [0.15, 0.2) is 24.3 Å². The van der Waals surface area contributed by atoms with E-state index < -0.39 is 10.3 Å². The summed E-state index contributed by atoms with van der Waals surface area (Å²) in [7, 11) is -4.01. The highest BCUT2D eigenvalue weighted by molar-refractivity contribution is 7.84. The molecule has 0 bridgehead atoms. The van der Waals surface area contributed by atoms with Gasteiger partial charge in [0.2, 0.25) is 5.91 Å². The first-order chi connectivity index (χ1) is 13.9. The number of carbonyl (C=O) groups is 1. The molecule has 1 aromatic carbocycles. The molecule has 1 amide bonds. The summed E-state index contributed by atoms with van der Waals surface area (Å²) >= 11 is 0. The molecule has 0 aliphatic carbocycles. The molecule has 6 nitrogen and oxygen atoms in total. The Morgan fingerprint density at radius 3 is 2.21 bits per heavy atom. The van der Waals surface area contributed by atoms with Crippen molar-refractivity contribution < 1.29 is 17.4 Å². The standard InChI is InChI=1S/C22H34N2O4S/c1-2-3-4-5-6-7-8-9-10-11-12-13-22(25)24-19-18-20-14-16-21(17-15-20)28-29(23,26)27/h14-17H,2-6,9-13,18-19H2,1H3,(H,24,25)(H2,23,26,27). The molecule has 7 heteroatoms. The summed E-state index contributed by atoms with van der Waals surface area (Å²) in [6, 6.07) is 6.57. The monoisotopic (exact) mass is 422 g/mol. The molecule has 0 heterocycles. The summed E-state index contributed by atoms with van der Waals surface area (Å²) in [6.45, 7) is 2.75. The fourth-order valence-electron chi connectivity index (χ4n) is 2.77. The number of carbonyl (C=O) groups excluding carboxylic acids is 1. The van der Waals surface area contributed by atoms with Crippen molar-refractivity contribution in [1.82, 2.24) is 5.32 Å². The van der Waals surface area contributed by atoms with Crippen LogP contribution in [0.2, 0.25) is 0 Å². The Bertz CT molecular complexity index is 749. The van der Waals surface area contributed by atoms with Gasteiger partial charge in [-0.1, -0.05) is 44.7 Å². The molecular weight excluding hydrogens is 388 g/mol. The fourth-order valence-corrected chi connectivity index (χ4v) is 3.15. The van der Waals surface area contributed by atoms with E-state index >= 15 is 0 Å². The molecule has 0 aromatic heterocycles. The molecule has 0 spiro atoms. The Hall–Kier alpha value is -2.04. The van der Waals surface area contributed by atoms with Crippen LogP contribution in [0.4, 0.5) is 0 Å². The average molecular weight is 423 g/mol. The predicted octanol–water partition coefficient (Wildman–Crippen LogP) is 3.85. The molecular formula is C22H34N2O4S. The maximum absolute atomic E-state index is 11.9. The number of nitrogens with two attached hydrogens (primary N) is 1. The molecule has 0 atom stereocenters. The topological polar surface area (TPSA) is 98.5 Å². The number of nitrogens with one attached hydrogen (secondary N) is 1. The third kappa shape index (κ3) is 14.6. The number of hydrogen-bond donors (Lipinski definition) is 2. The summed E-state index contributed by atoms with van der Waals surface area (Å²) in [5, 5.41) is 7.72. The minimum atomic E-state index is -4.01. The van der Waals surface area contributed by atoms with E-state index in [1.54, 1.807) is 12.1 Å². The maximum atomic E-state index is 11.9. The molecule has 0 radical (unpaired) electrons. The molecule has 1 rings (SSSR count). The van der Waals surface area contributed by atoms with Gasteiger partial charge in [-0.15, -0.1) is 11.8 Å². The van der Waals surface area contributed by atoms with Crippen molar-refractivity contribution in [3.8, 4) is 17.6 Å². The average Bonchev–Trinajstić information content (AvgIpc) is 2.66. The number of amides is 1. The number of unbranched alkanes of at least 4 members (excludes halogenated alkanes) is 7. The van der Waals surface area contributed by atoms with Gasteiger partial charge in [0.25, 0.3) is 0 Å². The van der Waals surface area contributed by atoms with Gasteiger partial charge in [-0.05, 0) is 43.4 Å². The second-order valence-electron chi connectivity index (χ2n) is 7.04. The summed E-state index contributed by atoms with van der Waals surface area (Å²) in [4.78, 5) is 11.9. The predicted molar refractivity (Wildman–Crippen MR) is 117 cm³/mol. The lowest BCUT2D eigenvalue weighted by Gasteiger charge is -2.06. The summed E-state index contributed by atoms with van der Waals surface area (Å²) in [6.07, 6.45) is 11.1. The van der Waals surface area contributed by atoms with E-state index in [0.29, 0.717) is 19.4 Å². The zero-order valence-corrected chi connectivity index (χ0v) is 18.2. The van der Waals surface area contributed by atoms with Gasteiger partial charge in [0.1, 0.15) is 5.75 Å². The van der Waals surface area contributed by atoms with E-state index in [1.807, 2.05) is 0 Å². The summed E-state index contributed by atoms with van der Waals surface area (Å²) in [5.41, 5.74) is 0.973. The van der Waals surface area contributed by atoms with Gasteiger partial charge >= 0.3 is 10.3 Å². The van der Waals surface area contributed by atoms with Gasteiger partial charge in [-0.25, -0.2) is 0 Å². The number of benzene rings is 1. The highest BCUT2D eigenvalue weighted by Crippen LogP contribution is 2.13. The highest BCUT2D eigenvalue weighted by atomic mass is 32.2. The molecule has 3 N–H and O–H groups in total. The van der Waals surface area contributed by atoms with Crippen LogP contribution >= 0.6 is 0 Å². The lowest BCUT2D eigenvalue weighted by atomic mass is 10.1. The van der Waals surface area contributed by atoms with Crippen LogP contribution in [0.1, 0.15) is 76.7 Å². The largest absolute Gasteiger partial charge is 0.380 e. The Labute approximate surface area is 175 Å². The zero-order valence-electron chi connectivity index (χ0n) is 17.4. The number of rotatable bonds is 14. The van der Waals surface area contributed by atoms with Crippen molar-refractivity contribution >= 4 is 16.2 Å². The first-order valence-electron chi connectivity index (χ1n) is 10.4. The lowest BCUT2D eigenvalue weighted by Crippen LogP contribution is -2.25. The molecule has 1 aromatic rings. The van der Waals surface area contributed by atoms with Crippen LogP contribution in [0.3, 0.4) is 0 Å².